The highest BCUT2D eigenvalue weighted by Crippen LogP contribution is 2.31. The molecule has 5 aromatic carbocycles. The minimum Gasteiger partial charge on any atom is -0.228 e. The summed E-state index contributed by atoms with van der Waals surface area (Å²) in [7, 11) is 0. The van der Waals surface area contributed by atoms with Crippen LogP contribution in [0, 0.1) is 0 Å². The first-order valence-electron chi connectivity index (χ1n) is 10.1. The summed E-state index contributed by atoms with van der Waals surface area (Å²) in [4.78, 5) is 9.93. The fourth-order valence-corrected chi connectivity index (χ4v) is 4.09. The highest BCUT2D eigenvalue weighted by molar-refractivity contribution is 5.97. The molecule has 0 amide bonds. The molecule has 0 atom stereocenters. The van der Waals surface area contributed by atoms with E-state index in [1.165, 1.54) is 21.5 Å². The summed E-state index contributed by atoms with van der Waals surface area (Å²) >= 11 is 0. The zero-order chi connectivity index (χ0) is 19.9. The van der Waals surface area contributed by atoms with Gasteiger partial charge in [0.25, 0.3) is 0 Å². The van der Waals surface area contributed by atoms with E-state index >= 15 is 0 Å². The normalized spacial score (nSPS) is 11.3. The molecule has 6 aromatic rings. The number of nitrogens with zero attached hydrogens (tertiary/aromatic N) is 2. The summed E-state index contributed by atoms with van der Waals surface area (Å²) in [5.74, 6) is 0.752. The van der Waals surface area contributed by atoms with Crippen molar-refractivity contribution < 1.29 is 0 Å². The van der Waals surface area contributed by atoms with E-state index in [2.05, 4.69) is 97.1 Å². The summed E-state index contributed by atoms with van der Waals surface area (Å²) in [6.45, 7) is 0. The molecule has 1 aromatic heterocycles. The molecule has 6 rings (SSSR count). The zero-order valence-electron chi connectivity index (χ0n) is 16.3. The monoisotopic (exact) mass is 382 g/mol. The molecule has 0 N–H and O–H groups in total. The van der Waals surface area contributed by atoms with E-state index in [-0.39, 0.29) is 0 Å². The van der Waals surface area contributed by atoms with Gasteiger partial charge in [-0.1, -0.05) is 91.0 Å². The zero-order valence-corrected chi connectivity index (χ0v) is 16.3. The second kappa shape index (κ2) is 6.78. The molecule has 2 nitrogen and oxygen atoms in total. The van der Waals surface area contributed by atoms with Gasteiger partial charge in [0, 0.05) is 16.5 Å². The number of benzene rings is 5. The minimum absolute atomic E-state index is 0.752. The summed E-state index contributed by atoms with van der Waals surface area (Å²) in [6.07, 6.45) is 0. The second-order valence-corrected chi connectivity index (χ2v) is 7.54. The van der Waals surface area contributed by atoms with E-state index < -0.39 is 0 Å². The van der Waals surface area contributed by atoms with Gasteiger partial charge >= 0.3 is 0 Å². The van der Waals surface area contributed by atoms with Crippen LogP contribution in [-0.2, 0) is 0 Å². The number of rotatable bonds is 2. The lowest BCUT2D eigenvalue weighted by atomic mass is 10.0. The van der Waals surface area contributed by atoms with E-state index in [0.717, 1.165) is 33.5 Å². The van der Waals surface area contributed by atoms with Gasteiger partial charge in [-0.25, -0.2) is 9.97 Å². The third-order valence-corrected chi connectivity index (χ3v) is 5.63. The van der Waals surface area contributed by atoms with Crippen LogP contribution in [0.4, 0.5) is 0 Å². The maximum absolute atomic E-state index is 5.04. The van der Waals surface area contributed by atoms with Gasteiger partial charge in [0.2, 0.25) is 0 Å². The van der Waals surface area contributed by atoms with E-state index in [9.17, 15) is 0 Å². The number of fused-ring (bicyclic) bond motifs is 3. The Balaban J connectivity index is 1.60. The third-order valence-electron chi connectivity index (χ3n) is 5.63. The molecule has 0 aliphatic carbocycles. The molecule has 0 aliphatic rings. The smallest absolute Gasteiger partial charge is 0.160 e. The fraction of sp³-hybridized carbons (Fsp3) is 0. The molecule has 0 bridgehead atoms. The van der Waals surface area contributed by atoms with Crippen LogP contribution in [0.5, 0.6) is 0 Å². The van der Waals surface area contributed by atoms with Crippen LogP contribution in [0.2, 0.25) is 0 Å². The van der Waals surface area contributed by atoms with Gasteiger partial charge in [-0.15, -0.1) is 0 Å². The second-order valence-electron chi connectivity index (χ2n) is 7.54. The minimum atomic E-state index is 0.752. The first kappa shape index (κ1) is 16.9. The van der Waals surface area contributed by atoms with Gasteiger partial charge in [-0.3, -0.25) is 0 Å². The van der Waals surface area contributed by atoms with Gasteiger partial charge < -0.3 is 0 Å². The summed E-state index contributed by atoms with van der Waals surface area (Å²) < 4.78 is 0. The first-order valence-corrected chi connectivity index (χ1v) is 10.1. The Morgan fingerprint density at radius 2 is 1.00 bits per heavy atom. The molecular weight excluding hydrogens is 364 g/mol. The van der Waals surface area contributed by atoms with Gasteiger partial charge in [-0.05, 0) is 39.7 Å². The van der Waals surface area contributed by atoms with Crippen LogP contribution in [0.3, 0.4) is 0 Å². The van der Waals surface area contributed by atoms with Crippen LogP contribution in [0.15, 0.2) is 109 Å². The summed E-state index contributed by atoms with van der Waals surface area (Å²) in [5.41, 5.74) is 4.06. The Bertz CT molecular complexity index is 1550. The highest BCUT2D eigenvalue weighted by atomic mass is 14.9. The van der Waals surface area contributed by atoms with E-state index in [4.69, 9.17) is 9.97 Å². The highest BCUT2D eigenvalue weighted by Gasteiger charge is 2.12. The van der Waals surface area contributed by atoms with Crippen LogP contribution < -0.4 is 0 Å². The quantitative estimate of drug-likeness (QED) is 0.315. The van der Waals surface area contributed by atoms with Crippen molar-refractivity contribution >= 4 is 32.4 Å². The van der Waals surface area contributed by atoms with Crippen molar-refractivity contribution in [1.82, 2.24) is 9.97 Å². The Kier molecular flexibility index (Phi) is 3.82. The molecule has 2 heteroatoms. The Morgan fingerprint density at radius 3 is 1.73 bits per heavy atom. The molecule has 0 fully saturated rings. The lowest BCUT2D eigenvalue weighted by Gasteiger charge is -2.11. The van der Waals surface area contributed by atoms with Crippen LogP contribution in [0.1, 0.15) is 0 Å². The number of para-hydroxylation sites is 1. The molecule has 1 heterocycles. The Labute approximate surface area is 174 Å². The van der Waals surface area contributed by atoms with Crippen LogP contribution in [0.25, 0.3) is 55.1 Å². The van der Waals surface area contributed by atoms with Crippen LogP contribution in [-0.4, -0.2) is 9.97 Å². The Morgan fingerprint density at radius 1 is 0.433 bits per heavy atom. The van der Waals surface area contributed by atoms with Crippen molar-refractivity contribution in [3.63, 3.8) is 0 Å². The molecule has 0 radical (unpaired) electrons. The standard InChI is InChI=1S/C28H18N2/c1-3-9-21-17-23(15-13-19(21)7-1)27-25-11-5-6-12-26(25)29-28(30-27)24-16-14-20-8-2-4-10-22(20)18-24/h1-18H. The van der Waals surface area contributed by atoms with Crippen LogP contribution >= 0.6 is 0 Å². The molecule has 0 aliphatic heterocycles. The summed E-state index contributed by atoms with van der Waals surface area (Å²) in [5, 5.41) is 5.92. The van der Waals surface area contributed by atoms with Gasteiger partial charge in [0.05, 0.1) is 11.2 Å². The van der Waals surface area contributed by atoms with Crippen molar-refractivity contribution in [2.45, 2.75) is 0 Å². The SMILES string of the molecule is c1ccc2cc(-c3nc(-c4ccc5ccccc5c4)c4ccccc4n3)ccc2c1. The average molecular weight is 382 g/mol. The van der Waals surface area contributed by atoms with Crippen molar-refractivity contribution in [2.24, 2.45) is 0 Å². The fourth-order valence-electron chi connectivity index (χ4n) is 4.09. The van der Waals surface area contributed by atoms with E-state index in [1.54, 1.807) is 0 Å². The number of hydrogen-bond donors (Lipinski definition) is 0. The van der Waals surface area contributed by atoms with E-state index in [0.29, 0.717) is 0 Å². The first-order chi connectivity index (χ1) is 14.8. The topological polar surface area (TPSA) is 25.8 Å². The molecule has 0 unspecified atom stereocenters. The maximum atomic E-state index is 5.04. The van der Waals surface area contributed by atoms with Gasteiger partial charge in [-0.2, -0.15) is 0 Å². The molecule has 30 heavy (non-hydrogen) atoms. The van der Waals surface area contributed by atoms with E-state index in [1.807, 2.05) is 12.1 Å². The van der Waals surface area contributed by atoms with Crippen molar-refractivity contribution in [1.29, 1.82) is 0 Å². The largest absolute Gasteiger partial charge is 0.228 e. The third kappa shape index (κ3) is 2.82. The lowest BCUT2D eigenvalue weighted by molar-refractivity contribution is 1.23. The van der Waals surface area contributed by atoms with Crippen molar-refractivity contribution in [3.8, 4) is 22.6 Å². The number of aromatic nitrogens is 2. The van der Waals surface area contributed by atoms with Gasteiger partial charge in [0.1, 0.15) is 0 Å². The Hall–Kier alpha value is -4.04. The lowest BCUT2D eigenvalue weighted by Crippen LogP contribution is -1.95. The van der Waals surface area contributed by atoms with Gasteiger partial charge in [0.15, 0.2) is 5.82 Å². The molecule has 0 saturated carbocycles. The van der Waals surface area contributed by atoms with Crippen molar-refractivity contribution in [2.75, 3.05) is 0 Å². The summed E-state index contributed by atoms with van der Waals surface area (Å²) in [6, 6.07) is 38.0. The molecule has 0 saturated heterocycles. The predicted molar refractivity (Wildman–Crippen MR) is 125 cm³/mol. The van der Waals surface area contributed by atoms with Crippen molar-refractivity contribution in [3.05, 3.63) is 109 Å². The number of hydrogen-bond acceptors (Lipinski definition) is 2. The molecular formula is C28H18N2. The predicted octanol–water partition coefficient (Wildman–Crippen LogP) is 7.27. The molecule has 0 spiro atoms. The molecule has 140 valence electrons. The average Bonchev–Trinajstić information content (AvgIpc) is 2.82. The maximum Gasteiger partial charge on any atom is 0.160 e.